The number of rotatable bonds is 4. The maximum absolute atomic E-state index is 13.0. The summed E-state index contributed by atoms with van der Waals surface area (Å²) in [6.45, 7) is 0.708. The third-order valence-corrected chi connectivity index (χ3v) is 8.80. The number of carbonyl (C=O) groups excluding carboxylic acids is 1. The van der Waals surface area contributed by atoms with E-state index in [0.29, 0.717) is 17.9 Å². The molecule has 0 saturated carbocycles. The van der Waals surface area contributed by atoms with E-state index in [9.17, 15) is 13.2 Å². The number of carbonyl (C=O) groups is 1. The van der Waals surface area contributed by atoms with Crippen molar-refractivity contribution in [3.8, 4) is 5.88 Å². The van der Waals surface area contributed by atoms with E-state index in [4.69, 9.17) is 4.74 Å². The third kappa shape index (κ3) is 2.81. The highest BCUT2D eigenvalue weighted by Crippen LogP contribution is 2.45. The molecule has 2 saturated heterocycles. The van der Waals surface area contributed by atoms with Crippen LogP contribution in [-0.4, -0.2) is 59.4 Å². The van der Waals surface area contributed by atoms with E-state index in [1.807, 2.05) is 30.3 Å². The molecule has 1 amide bonds. The number of hydrogen-bond acceptors (Lipinski definition) is 5. The molecule has 1 aromatic carbocycles. The number of nitrogens with zero attached hydrogens (tertiary/aromatic N) is 2. The van der Waals surface area contributed by atoms with Crippen LogP contribution in [-0.2, 0) is 9.84 Å². The first-order valence-corrected chi connectivity index (χ1v) is 11.3. The minimum atomic E-state index is -3.28. The van der Waals surface area contributed by atoms with Crippen LogP contribution in [0, 0.1) is 5.92 Å². The molecule has 0 bridgehead atoms. The van der Waals surface area contributed by atoms with Crippen molar-refractivity contribution in [1.82, 2.24) is 14.9 Å². The number of ether oxygens (including phenoxy) is 1. The molecule has 0 radical (unpaired) electrons. The molecule has 4 heterocycles. The zero-order chi connectivity index (χ0) is 20.1. The van der Waals surface area contributed by atoms with Gasteiger partial charge in [0.05, 0.1) is 17.9 Å². The van der Waals surface area contributed by atoms with E-state index in [2.05, 4.69) is 9.97 Å². The van der Waals surface area contributed by atoms with Crippen molar-refractivity contribution in [2.45, 2.75) is 11.2 Å². The number of nitrogens with one attached hydrogen (secondary N) is 1. The van der Waals surface area contributed by atoms with Crippen molar-refractivity contribution in [2.75, 3.05) is 25.4 Å². The van der Waals surface area contributed by atoms with Gasteiger partial charge in [-0.1, -0.05) is 24.3 Å². The zero-order valence-corrected chi connectivity index (χ0v) is 16.6. The van der Waals surface area contributed by atoms with Crippen LogP contribution in [0.1, 0.15) is 16.8 Å². The Morgan fingerprint density at radius 1 is 1.21 bits per heavy atom. The number of para-hydroxylation sites is 1. The van der Waals surface area contributed by atoms with E-state index < -0.39 is 14.6 Å². The number of aromatic nitrogens is 2. The van der Waals surface area contributed by atoms with E-state index >= 15 is 0 Å². The lowest BCUT2D eigenvalue weighted by atomic mass is 9.83. The van der Waals surface area contributed by atoms with Gasteiger partial charge in [0, 0.05) is 48.4 Å². The van der Waals surface area contributed by atoms with E-state index in [1.165, 1.54) is 0 Å². The Morgan fingerprint density at radius 3 is 2.79 bits per heavy atom. The first-order valence-electron chi connectivity index (χ1n) is 9.62. The summed E-state index contributed by atoms with van der Waals surface area (Å²) in [6, 6.07) is 13.0. The highest BCUT2D eigenvalue weighted by molar-refractivity contribution is 7.93. The molecule has 2 fully saturated rings. The molecule has 0 unspecified atom stereocenters. The van der Waals surface area contributed by atoms with Crippen LogP contribution >= 0.6 is 0 Å². The van der Waals surface area contributed by atoms with Crippen LogP contribution in [0.25, 0.3) is 10.9 Å². The van der Waals surface area contributed by atoms with Crippen LogP contribution in [0.3, 0.4) is 0 Å². The highest BCUT2D eigenvalue weighted by atomic mass is 32.2. The van der Waals surface area contributed by atoms with Crippen molar-refractivity contribution < 1.29 is 17.9 Å². The third-order valence-electron chi connectivity index (χ3n) is 6.19. The predicted octanol–water partition coefficient (Wildman–Crippen LogP) is 2.27. The lowest BCUT2D eigenvalue weighted by Crippen LogP contribution is -2.68. The molecule has 150 valence electrons. The second-order valence-electron chi connectivity index (χ2n) is 7.76. The molecule has 1 N–H and O–H groups in total. The maximum atomic E-state index is 13.0. The fourth-order valence-corrected chi connectivity index (χ4v) is 6.89. The summed E-state index contributed by atoms with van der Waals surface area (Å²) in [7, 11) is -3.28. The summed E-state index contributed by atoms with van der Waals surface area (Å²) in [5.74, 6) is 0.331. The van der Waals surface area contributed by atoms with Crippen molar-refractivity contribution in [2.24, 2.45) is 5.92 Å². The number of pyridine rings is 1. The van der Waals surface area contributed by atoms with Gasteiger partial charge in [0.1, 0.15) is 4.75 Å². The fourth-order valence-electron chi connectivity index (χ4n) is 4.49. The number of fused-ring (bicyclic) bond motifs is 1. The van der Waals surface area contributed by atoms with Crippen LogP contribution in [0.4, 0.5) is 0 Å². The van der Waals surface area contributed by atoms with Crippen LogP contribution in [0.2, 0.25) is 0 Å². The fraction of sp³-hybridized carbons (Fsp3) is 0.333. The number of amides is 1. The molecule has 0 aliphatic carbocycles. The lowest BCUT2D eigenvalue weighted by molar-refractivity contribution is 0.0409. The molecule has 2 aliphatic rings. The van der Waals surface area contributed by atoms with E-state index in [0.717, 1.165) is 10.9 Å². The Labute approximate surface area is 168 Å². The van der Waals surface area contributed by atoms with Gasteiger partial charge in [-0.05, 0) is 18.6 Å². The molecule has 29 heavy (non-hydrogen) atoms. The van der Waals surface area contributed by atoms with Gasteiger partial charge in [-0.15, -0.1) is 0 Å². The lowest BCUT2D eigenvalue weighted by Gasteiger charge is -2.49. The number of aromatic amines is 1. The maximum Gasteiger partial charge on any atom is 0.256 e. The quantitative estimate of drug-likeness (QED) is 0.711. The first kappa shape index (κ1) is 18.2. The summed E-state index contributed by atoms with van der Waals surface area (Å²) in [4.78, 5) is 21.9. The smallest absolute Gasteiger partial charge is 0.256 e. The van der Waals surface area contributed by atoms with Gasteiger partial charge in [-0.25, -0.2) is 13.4 Å². The molecule has 1 spiro atoms. The predicted molar refractivity (Wildman–Crippen MR) is 109 cm³/mol. The topological polar surface area (TPSA) is 92.4 Å². The van der Waals surface area contributed by atoms with E-state index in [-0.39, 0.29) is 37.3 Å². The monoisotopic (exact) mass is 411 g/mol. The number of H-pyrrole nitrogens is 1. The number of sulfone groups is 1. The summed E-state index contributed by atoms with van der Waals surface area (Å²) in [6.07, 6.45) is 3.88. The summed E-state index contributed by atoms with van der Waals surface area (Å²) in [5.41, 5.74) is 1.47. The van der Waals surface area contributed by atoms with Crippen molar-refractivity contribution in [3.63, 3.8) is 0 Å². The molecule has 2 aliphatic heterocycles. The van der Waals surface area contributed by atoms with Gasteiger partial charge >= 0.3 is 0 Å². The van der Waals surface area contributed by atoms with Crippen LogP contribution in [0.5, 0.6) is 5.88 Å². The average Bonchev–Trinajstić information content (AvgIpc) is 3.24. The minimum absolute atomic E-state index is 0.137. The minimum Gasteiger partial charge on any atom is -0.477 e. The van der Waals surface area contributed by atoms with Gasteiger partial charge in [0.2, 0.25) is 5.88 Å². The molecular formula is C21H21N3O4S. The first-order chi connectivity index (χ1) is 14.0. The molecule has 8 heteroatoms. The Bertz CT molecular complexity index is 1170. The van der Waals surface area contributed by atoms with Crippen LogP contribution < -0.4 is 4.74 Å². The molecule has 2 aromatic heterocycles. The van der Waals surface area contributed by atoms with Gasteiger partial charge < -0.3 is 14.6 Å². The second-order valence-corrected chi connectivity index (χ2v) is 10.2. The Hall–Kier alpha value is -2.87. The molecule has 7 nitrogen and oxygen atoms in total. The normalized spacial score (nSPS) is 21.9. The molecule has 1 atom stereocenters. The SMILES string of the molecule is O=C(c1c[nH]c2ccccc12)N1CC2(C1)[C@@H](COc1ccccn1)CCS2(=O)=O. The number of benzene rings is 1. The van der Waals surface area contributed by atoms with Crippen molar-refractivity contribution >= 4 is 26.6 Å². The summed E-state index contributed by atoms with van der Waals surface area (Å²) >= 11 is 0. The summed E-state index contributed by atoms with van der Waals surface area (Å²) < 4.78 is 30.5. The summed E-state index contributed by atoms with van der Waals surface area (Å²) in [5, 5.41) is 0.850. The number of likely N-dealkylation sites (tertiary alicyclic amines) is 1. The molecular weight excluding hydrogens is 390 g/mol. The zero-order valence-electron chi connectivity index (χ0n) is 15.7. The average molecular weight is 411 g/mol. The standard InChI is InChI=1S/C21H21N3O4S/c25-20(17-11-23-18-6-2-1-5-16(17)18)24-13-21(14-24)15(8-10-29(21,26)27)12-28-19-7-3-4-9-22-19/h1-7,9,11,15,23H,8,10,12-14H2/t15-/m1/s1. The van der Waals surface area contributed by atoms with Gasteiger partial charge in [0.15, 0.2) is 9.84 Å². The van der Waals surface area contributed by atoms with Crippen LogP contribution in [0.15, 0.2) is 54.9 Å². The van der Waals surface area contributed by atoms with E-state index in [1.54, 1.807) is 29.4 Å². The van der Waals surface area contributed by atoms with Gasteiger partial charge in [-0.3, -0.25) is 4.79 Å². The highest BCUT2D eigenvalue weighted by Gasteiger charge is 2.62. The van der Waals surface area contributed by atoms with Crippen molar-refractivity contribution in [3.05, 3.63) is 60.4 Å². The Kier molecular flexibility index (Phi) is 4.13. The molecule has 5 rings (SSSR count). The molecule has 3 aromatic rings. The number of hydrogen-bond donors (Lipinski definition) is 1. The largest absolute Gasteiger partial charge is 0.477 e. The van der Waals surface area contributed by atoms with Crippen molar-refractivity contribution in [1.29, 1.82) is 0 Å². The Balaban J connectivity index is 1.34. The van der Waals surface area contributed by atoms with Gasteiger partial charge in [0.25, 0.3) is 5.91 Å². The second kappa shape index (κ2) is 6.59. The van der Waals surface area contributed by atoms with Gasteiger partial charge in [-0.2, -0.15) is 0 Å². The Morgan fingerprint density at radius 2 is 2.00 bits per heavy atom.